The minimum atomic E-state index is -0.816. The van der Waals surface area contributed by atoms with Crippen molar-refractivity contribution < 1.29 is 33.5 Å². The number of benzene rings is 2. The van der Waals surface area contributed by atoms with E-state index in [1.807, 2.05) is 0 Å². The van der Waals surface area contributed by atoms with E-state index in [4.69, 9.17) is 14.2 Å². The number of hydrogen-bond acceptors (Lipinski definition) is 8. The summed E-state index contributed by atoms with van der Waals surface area (Å²) in [6.45, 7) is 3.24. The van der Waals surface area contributed by atoms with Gasteiger partial charge >= 0.3 is 12.1 Å². The Labute approximate surface area is 177 Å². The van der Waals surface area contributed by atoms with Gasteiger partial charge in [-0.15, -0.1) is 0 Å². The van der Waals surface area contributed by atoms with Crippen LogP contribution in [0, 0.1) is 10.1 Å². The van der Waals surface area contributed by atoms with Gasteiger partial charge in [0.15, 0.2) is 6.61 Å². The highest BCUT2D eigenvalue weighted by molar-refractivity contribution is 5.97. The third-order valence-electron chi connectivity index (χ3n) is 3.71. The molecule has 0 aromatic heterocycles. The van der Waals surface area contributed by atoms with E-state index >= 15 is 0 Å². The maximum atomic E-state index is 12.2. The highest BCUT2D eigenvalue weighted by Gasteiger charge is 2.18. The summed E-state index contributed by atoms with van der Waals surface area (Å²) in [7, 11) is 0. The van der Waals surface area contributed by atoms with Crippen molar-refractivity contribution >= 4 is 35.0 Å². The van der Waals surface area contributed by atoms with Gasteiger partial charge in [-0.2, -0.15) is 0 Å². The Kier molecular flexibility index (Phi) is 8.31. The van der Waals surface area contributed by atoms with Gasteiger partial charge < -0.3 is 19.5 Å². The second-order valence-corrected chi connectivity index (χ2v) is 5.92. The van der Waals surface area contributed by atoms with E-state index < -0.39 is 29.5 Å². The van der Waals surface area contributed by atoms with Crippen LogP contribution >= 0.6 is 0 Å². The molecule has 0 atom stereocenters. The van der Waals surface area contributed by atoms with Gasteiger partial charge in [-0.3, -0.25) is 20.2 Å². The molecule has 2 N–H and O–H groups in total. The lowest BCUT2D eigenvalue weighted by molar-refractivity contribution is -0.384. The van der Waals surface area contributed by atoms with E-state index in [1.165, 1.54) is 36.4 Å². The van der Waals surface area contributed by atoms with Gasteiger partial charge in [0.1, 0.15) is 11.4 Å². The van der Waals surface area contributed by atoms with Gasteiger partial charge in [-0.25, -0.2) is 9.59 Å². The number of carbonyl (C=O) groups is 3. The van der Waals surface area contributed by atoms with Crippen LogP contribution in [0.3, 0.4) is 0 Å². The standard InChI is InChI=1S/C20H21N3O8/c1-3-29-15-8-9-16(17(11-15)23(27)28)22-18(24)12-31-19(25)13-6-5-7-14(10-13)21-20(26)30-4-2/h5-11H,3-4,12H2,1-2H3,(H,21,26)(H,22,24). The van der Waals surface area contributed by atoms with Crippen LogP contribution in [-0.4, -0.2) is 42.7 Å². The van der Waals surface area contributed by atoms with Crippen LogP contribution in [0.2, 0.25) is 0 Å². The number of anilines is 2. The summed E-state index contributed by atoms with van der Waals surface area (Å²) >= 11 is 0. The Morgan fingerprint density at radius 2 is 1.77 bits per heavy atom. The van der Waals surface area contributed by atoms with Crippen LogP contribution in [0.15, 0.2) is 42.5 Å². The molecule has 11 heteroatoms. The average Bonchev–Trinajstić information content (AvgIpc) is 2.73. The molecular weight excluding hydrogens is 410 g/mol. The molecule has 2 aromatic rings. The molecule has 0 saturated heterocycles. The molecule has 0 heterocycles. The first-order chi connectivity index (χ1) is 14.8. The molecule has 2 rings (SSSR count). The topological polar surface area (TPSA) is 146 Å². The van der Waals surface area contributed by atoms with Crippen LogP contribution in [-0.2, 0) is 14.3 Å². The van der Waals surface area contributed by atoms with Crippen molar-refractivity contribution in [3.05, 3.63) is 58.1 Å². The van der Waals surface area contributed by atoms with E-state index in [2.05, 4.69) is 10.6 Å². The molecule has 2 aromatic carbocycles. The van der Waals surface area contributed by atoms with Crippen LogP contribution in [0.1, 0.15) is 24.2 Å². The molecule has 0 radical (unpaired) electrons. The maximum Gasteiger partial charge on any atom is 0.411 e. The number of hydrogen-bond donors (Lipinski definition) is 2. The van der Waals surface area contributed by atoms with Crippen molar-refractivity contribution in [1.29, 1.82) is 0 Å². The molecule has 0 bridgehead atoms. The summed E-state index contributed by atoms with van der Waals surface area (Å²) < 4.78 is 14.9. The number of rotatable bonds is 9. The highest BCUT2D eigenvalue weighted by atomic mass is 16.6. The number of nitrogens with zero attached hydrogens (tertiary/aromatic N) is 1. The number of esters is 1. The lowest BCUT2D eigenvalue weighted by atomic mass is 10.2. The lowest BCUT2D eigenvalue weighted by Gasteiger charge is -2.09. The smallest absolute Gasteiger partial charge is 0.411 e. The zero-order chi connectivity index (χ0) is 22.8. The van der Waals surface area contributed by atoms with Crippen LogP contribution < -0.4 is 15.4 Å². The molecule has 0 spiro atoms. The molecule has 0 aliphatic rings. The zero-order valence-corrected chi connectivity index (χ0v) is 16.9. The summed E-state index contributed by atoms with van der Waals surface area (Å²) in [5, 5.41) is 16.0. The van der Waals surface area contributed by atoms with Crippen molar-refractivity contribution in [2.45, 2.75) is 13.8 Å². The van der Waals surface area contributed by atoms with Gasteiger partial charge in [0.2, 0.25) is 0 Å². The fourth-order valence-corrected chi connectivity index (χ4v) is 2.43. The Hall–Kier alpha value is -4.15. The zero-order valence-electron chi connectivity index (χ0n) is 16.9. The van der Waals surface area contributed by atoms with E-state index in [0.717, 1.165) is 0 Å². The Morgan fingerprint density at radius 3 is 2.45 bits per heavy atom. The molecule has 0 aliphatic heterocycles. The first-order valence-corrected chi connectivity index (χ1v) is 9.26. The minimum Gasteiger partial charge on any atom is -0.494 e. The number of nitro groups is 1. The Balaban J connectivity index is 1.98. The van der Waals surface area contributed by atoms with E-state index in [0.29, 0.717) is 12.3 Å². The second-order valence-electron chi connectivity index (χ2n) is 5.92. The van der Waals surface area contributed by atoms with E-state index in [1.54, 1.807) is 19.9 Å². The van der Waals surface area contributed by atoms with Crippen molar-refractivity contribution in [3.8, 4) is 5.75 Å². The first kappa shape index (κ1) is 23.1. The molecule has 2 amide bonds. The fraction of sp³-hybridized carbons (Fsp3) is 0.250. The Morgan fingerprint density at radius 1 is 1.00 bits per heavy atom. The predicted molar refractivity (Wildman–Crippen MR) is 110 cm³/mol. The van der Waals surface area contributed by atoms with Crippen LogP contribution in [0.25, 0.3) is 0 Å². The van der Waals surface area contributed by atoms with Crippen LogP contribution in [0.4, 0.5) is 21.9 Å². The molecule has 0 aliphatic carbocycles. The Bertz CT molecular complexity index is 977. The highest BCUT2D eigenvalue weighted by Crippen LogP contribution is 2.29. The van der Waals surface area contributed by atoms with Crippen molar-refractivity contribution in [1.82, 2.24) is 0 Å². The number of amides is 2. The quantitative estimate of drug-likeness (QED) is 0.349. The van der Waals surface area contributed by atoms with Crippen molar-refractivity contribution in [3.63, 3.8) is 0 Å². The van der Waals surface area contributed by atoms with Gasteiger partial charge in [-0.05, 0) is 44.2 Å². The van der Waals surface area contributed by atoms with Gasteiger partial charge in [-0.1, -0.05) is 6.07 Å². The normalized spacial score (nSPS) is 10.0. The average molecular weight is 431 g/mol. The minimum absolute atomic E-state index is 0.0601. The number of nitro benzene ring substituents is 1. The summed E-state index contributed by atoms with van der Waals surface area (Å²) in [6, 6.07) is 9.84. The number of nitrogens with one attached hydrogen (secondary N) is 2. The number of ether oxygens (including phenoxy) is 3. The summed E-state index contributed by atoms with van der Waals surface area (Å²) in [4.78, 5) is 46.3. The SMILES string of the molecule is CCOC(=O)Nc1cccc(C(=O)OCC(=O)Nc2ccc(OCC)cc2[N+](=O)[O-])c1. The van der Waals surface area contributed by atoms with Crippen molar-refractivity contribution in [2.75, 3.05) is 30.5 Å². The number of carbonyl (C=O) groups excluding carboxylic acids is 3. The molecule has 31 heavy (non-hydrogen) atoms. The summed E-state index contributed by atoms with van der Waals surface area (Å²) in [6.07, 6.45) is -0.677. The molecule has 11 nitrogen and oxygen atoms in total. The lowest BCUT2D eigenvalue weighted by Crippen LogP contribution is -2.21. The molecule has 0 unspecified atom stereocenters. The second kappa shape index (κ2) is 11.1. The largest absolute Gasteiger partial charge is 0.494 e. The van der Waals surface area contributed by atoms with Gasteiger partial charge in [0.05, 0.1) is 29.8 Å². The monoisotopic (exact) mass is 431 g/mol. The molecule has 164 valence electrons. The molecule has 0 fully saturated rings. The summed E-state index contributed by atoms with van der Waals surface area (Å²) in [5.41, 5.74) is -0.0185. The van der Waals surface area contributed by atoms with E-state index in [-0.39, 0.29) is 29.3 Å². The fourth-order valence-electron chi connectivity index (χ4n) is 2.43. The first-order valence-electron chi connectivity index (χ1n) is 9.26. The maximum absolute atomic E-state index is 12.2. The van der Waals surface area contributed by atoms with Crippen LogP contribution in [0.5, 0.6) is 5.75 Å². The summed E-state index contributed by atoms with van der Waals surface area (Å²) in [5.74, 6) is -1.29. The third-order valence-corrected chi connectivity index (χ3v) is 3.71. The molecular formula is C20H21N3O8. The predicted octanol–water partition coefficient (Wildman–Crippen LogP) is 3.36. The third kappa shape index (κ3) is 6.99. The van der Waals surface area contributed by atoms with Gasteiger partial charge in [0.25, 0.3) is 11.6 Å². The molecule has 0 saturated carbocycles. The van der Waals surface area contributed by atoms with Gasteiger partial charge in [0, 0.05) is 5.69 Å². The van der Waals surface area contributed by atoms with Crippen molar-refractivity contribution in [2.24, 2.45) is 0 Å². The van der Waals surface area contributed by atoms with E-state index in [9.17, 15) is 24.5 Å².